The maximum absolute atomic E-state index is 13.4. The zero-order valence-electron chi connectivity index (χ0n) is 12.0. The number of hydrogen-bond donors (Lipinski definition) is 1. The Kier molecular flexibility index (Phi) is 6.22. The number of para-hydroxylation sites is 1. The fraction of sp³-hybridized carbons (Fsp3) is 0.235. The molecule has 5 heteroatoms. The molecule has 3 nitrogen and oxygen atoms in total. The first-order valence-electron chi connectivity index (χ1n) is 7.04. The number of halogens is 2. The molecular formula is C17H17ClFNO2. The minimum Gasteiger partial charge on any atom is -0.490 e. The summed E-state index contributed by atoms with van der Waals surface area (Å²) in [6, 6.07) is 13.6. The van der Waals surface area contributed by atoms with Crippen molar-refractivity contribution < 1.29 is 13.9 Å². The van der Waals surface area contributed by atoms with Gasteiger partial charge in [-0.25, -0.2) is 4.39 Å². The van der Waals surface area contributed by atoms with Gasteiger partial charge in [0.05, 0.1) is 11.6 Å². The van der Waals surface area contributed by atoms with Crippen LogP contribution in [0.15, 0.2) is 48.5 Å². The van der Waals surface area contributed by atoms with Crippen molar-refractivity contribution in [3.63, 3.8) is 0 Å². The van der Waals surface area contributed by atoms with Crippen molar-refractivity contribution in [2.24, 2.45) is 0 Å². The first-order valence-corrected chi connectivity index (χ1v) is 7.42. The molecule has 116 valence electrons. The van der Waals surface area contributed by atoms with E-state index in [2.05, 4.69) is 5.32 Å². The SMILES string of the molecule is O=C(CCc1ccccc1F)NCCOc1ccccc1Cl. The van der Waals surface area contributed by atoms with E-state index in [9.17, 15) is 9.18 Å². The van der Waals surface area contributed by atoms with Crippen molar-refractivity contribution in [3.05, 3.63) is 64.9 Å². The monoisotopic (exact) mass is 321 g/mol. The van der Waals surface area contributed by atoms with Crippen LogP contribution in [0.1, 0.15) is 12.0 Å². The summed E-state index contributed by atoms with van der Waals surface area (Å²) in [6.45, 7) is 0.705. The van der Waals surface area contributed by atoms with Gasteiger partial charge in [-0.3, -0.25) is 4.79 Å². The molecule has 2 aromatic carbocycles. The van der Waals surface area contributed by atoms with E-state index in [1.54, 1.807) is 30.3 Å². The van der Waals surface area contributed by atoms with E-state index in [1.807, 2.05) is 12.1 Å². The van der Waals surface area contributed by atoms with E-state index < -0.39 is 0 Å². The summed E-state index contributed by atoms with van der Waals surface area (Å²) in [4.78, 5) is 11.7. The summed E-state index contributed by atoms with van der Waals surface area (Å²) < 4.78 is 18.9. The van der Waals surface area contributed by atoms with Gasteiger partial charge in [0, 0.05) is 6.42 Å². The lowest BCUT2D eigenvalue weighted by Crippen LogP contribution is -2.28. The van der Waals surface area contributed by atoms with Crippen LogP contribution in [0.25, 0.3) is 0 Å². The van der Waals surface area contributed by atoms with Gasteiger partial charge in [-0.05, 0) is 30.2 Å². The van der Waals surface area contributed by atoms with Crippen molar-refractivity contribution in [3.8, 4) is 5.75 Å². The molecule has 0 fully saturated rings. The molecule has 2 aromatic rings. The second-order valence-corrected chi connectivity index (χ2v) is 5.13. The van der Waals surface area contributed by atoms with Crippen LogP contribution in [0.4, 0.5) is 4.39 Å². The molecule has 2 rings (SSSR count). The highest BCUT2D eigenvalue weighted by Gasteiger charge is 2.05. The average Bonchev–Trinajstić information content (AvgIpc) is 2.52. The highest BCUT2D eigenvalue weighted by molar-refractivity contribution is 6.32. The lowest BCUT2D eigenvalue weighted by atomic mass is 10.1. The smallest absolute Gasteiger partial charge is 0.220 e. The lowest BCUT2D eigenvalue weighted by Gasteiger charge is -2.09. The van der Waals surface area contributed by atoms with Crippen molar-refractivity contribution in [2.45, 2.75) is 12.8 Å². The Hall–Kier alpha value is -2.07. The van der Waals surface area contributed by atoms with E-state index in [-0.39, 0.29) is 18.1 Å². The number of ether oxygens (including phenoxy) is 1. The molecule has 0 unspecified atom stereocenters. The third kappa shape index (κ3) is 5.04. The Labute approximate surface area is 134 Å². The largest absolute Gasteiger partial charge is 0.490 e. The molecule has 0 aromatic heterocycles. The van der Waals surface area contributed by atoms with Gasteiger partial charge in [-0.1, -0.05) is 41.9 Å². The quantitative estimate of drug-likeness (QED) is 0.791. The van der Waals surface area contributed by atoms with E-state index in [1.165, 1.54) is 6.07 Å². The van der Waals surface area contributed by atoms with Gasteiger partial charge in [0.1, 0.15) is 18.2 Å². The molecule has 0 saturated carbocycles. The minimum absolute atomic E-state index is 0.133. The van der Waals surface area contributed by atoms with Crippen LogP contribution < -0.4 is 10.1 Å². The average molecular weight is 322 g/mol. The van der Waals surface area contributed by atoms with Gasteiger partial charge in [-0.15, -0.1) is 0 Å². The topological polar surface area (TPSA) is 38.3 Å². The molecule has 1 N–H and O–H groups in total. The third-order valence-electron chi connectivity index (χ3n) is 3.10. The Bertz CT molecular complexity index is 634. The number of hydrogen-bond acceptors (Lipinski definition) is 2. The minimum atomic E-state index is -0.280. The zero-order valence-corrected chi connectivity index (χ0v) is 12.8. The van der Waals surface area contributed by atoms with Crippen molar-refractivity contribution in [2.75, 3.05) is 13.2 Å². The first kappa shape index (κ1) is 16.3. The molecule has 0 aliphatic heterocycles. The van der Waals surface area contributed by atoms with Crippen LogP contribution in [-0.4, -0.2) is 19.1 Å². The van der Waals surface area contributed by atoms with Gasteiger partial charge in [0.2, 0.25) is 5.91 Å². The van der Waals surface area contributed by atoms with Gasteiger partial charge in [0.15, 0.2) is 0 Å². The van der Waals surface area contributed by atoms with Crippen molar-refractivity contribution in [1.82, 2.24) is 5.32 Å². The van der Waals surface area contributed by atoms with Crippen LogP contribution in [0.2, 0.25) is 5.02 Å². The fourth-order valence-electron chi connectivity index (χ4n) is 1.95. The Morgan fingerprint density at radius 1 is 1.14 bits per heavy atom. The number of nitrogens with one attached hydrogen (secondary N) is 1. The molecule has 0 aliphatic carbocycles. The van der Waals surface area contributed by atoms with Crippen LogP contribution in [0.5, 0.6) is 5.75 Å². The first-order chi connectivity index (χ1) is 10.7. The van der Waals surface area contributed by atoms with Gasteiger partial charge in [0.25, 0.3) is 0 Å². The van der Waals surface area contributed by atoms with E-state index >= 15 is 0 Å². The van der Waals surface area contributed by atoms with E-state index in [0.29, 0.717) is 35.9 Å². The summed E-state index contributed by atoms with van der Waals surface area (Å²) in [7, 11) is 0. The molecule has 0 bridgehead atoms. The van der Waals surface area contributed by atoms with Crippen molar-refractivity contribution >= 4 is 17.5 Å². The molecular weight excluding hydrogens is 305 g/mol. The fourth-order valence-corrected chi connectivity index (χ4v) is 2.14. The van der Waals surface area contributed by atoms with E-state index in [0.717, 1.165) is 0 Å². The van der Waals surface area contributed by atoms with Crippen molar-refractivity contribution in [1.29, 1.82) is 0 Å². The number of amides is 1. The highest BCUT2D eigenvalue weighted by atomic mass is 35.5. The summed E-state index contributed by atoms with van der Waals surface area (Å²) in [6.07, 6.45) is 0.622. The van der Waals surface area contributed by atoms with Gasteiger partial charge in [-0.2, -0.15) is 0 Å². The van der Waals surface area contributed by atoms with E-state index in [4.69, 9.17) is 16.3 Å². The summed E-state index contributed by atoms with van der Waals surface area (Å²) >= 11 is 5.95. The predicted octanol–water partition coefficient (Wildman–Crippen LogP) is 3.61. The molecule has 0 aliphatic rings. The van der Waals surface area contributed by atoms with Crippen LogP contribution in [0.3, 0.4) is 0 Å². The molecule has 22 heavy (non-hydrogen) atoms. The summed E-state index contributed by atoms with van der Waals surface area (Å²) in [5.74, 6) is 0.174. The third-order valence-corrected chi connectivity index (χ3v) is 3.41. The maximum atomic E-state index is 13.4. The second kappa shape index (κ2) is 8.39. The molecule has 0 spiro atoms. The molecule has 0 saturated heterocycles. The summed E-state index contributed by atoms with van der Waals surface area (Å²) in [5, 5.41) is 3.27. The normalized spacial score (nSPS) is 10.3. The molecule has 1 amide bonds. The molecule has 0 heterocycles. The van der Waals surface area contributed by atoms with Crippen LogP contribution in [-0.2, 0) is 11.2 Å². The number of carbonyl (C=O) groups excluding carboxylic acids is 1. The van der Waals surface area contributed by atoms with Crippen LogP contribution >= 0.6 is 11.6 Å². The zero-order chi connectivity index (χ0) is 15.8. The number of aryl methyl sites for hydroxylation is 1. The predicted molar refractivity (Wildman–Crippen MR) is 84.7 cm³/mol. The molecule has 0 atom stereocenters. The highest BCUT2D eigenvalue weighted by Crippen LogP contribution is 2.22. The second-order valence-electron chi connectivity index (χ2n) is 4.72. The number of carbonyl (C=O) groups is 1. The standard InChI is InChI=1S/C17H17ClFNO2/c18-14-6-2-4-8-16(14)22-12-11-20-17(21)10-9-13-5-1-3-7-15(13)19/h1-8H,9-12H2,(H,20,21). The maximum Gasteiger partial charge on any atom is 0.220 e. The summed E-state index contributed by atoms with van der Waals surface area (Å²) in [5.41, 5.74) is 0.546. The van der Waals surface area contributed by atoms with Gasteiger partial charge >= 0.3 is 0 Å². The Morgan fingerprint density at radius 3 is 2.64 bits per heavy atom. The number of benzene rings is 2. The molecule has 0 radical (unpaired) electrons. The number of rotatable bonds is 7. The van der Waals surface area contributed by atoms with Crippen LogP contribution in [0, 0.1) is 5.82 Å². The lowest BCUT2D eigenvalue weighted by molar-refractivity contribution is -0.121. The Balaban J connectivity index is 1.66. The van der Waals surface area contributed by atoms with Gasteiger partial charge < -0.3 is 10.1 Å². The Morgan fingerprint density at radius 2 is 1.86 bits per heavy atom.